The molecule has 0 radical (unpaired) electrons. The molecule has 1 aromatic carbocycles. The highest BCUT2D eigenvalue weighted by atomic mass is 32.1. The van der Waals surface area contributed by atoms with E-state index in [1.165, 1.54) is 41.9 Å². The number of likely N-dealkylation sites (tertiary alicyclic amines) is 1. The number of para-hydroxylation sites is 1. The quantitative estimate of drug-likeness (QED) is 0.315. The van der Waals surface area contributed by atoms with E-state index in [1.807, 2.05) is 13.0 Å². The molecule has 2 aromatic rings. The van der Waals surface area contributed by atoms with Crippen molar-refractivity contribution in [3.8, 4) is 0 Å². The van der Waals surface area contributed by atoms with Crippen LogP contribution in [0.2, 0.25) is 0 Å². The van der Waals surface area contributed by atoms with Crippen LogP contribution < -0.4 is 10.6 Å². The van der Waals surface area contributed by atoms with Crippen molar-refractivity contribution in [2.24, 2.45) is 0 Å². The van der Waals surface area contributed by atoms with Crippen LogP contribution in [0.3, 0.4) is 0 Å². The number of nitrogens with zero attached hydrogens (tertiary/aromatic N) is 1. The number of hydrogen-bond donors (Lipinski definition) is 2. The Hall–Kier alpha value is -3.35. The van der Waals surface area contributed by atoms with E-state index >= 15 is 0 Å². The third-order valence-electron chi connectivity index (χ3n) is 8.04. The zero-order valence-corrected chi connectivity index (χ0v) is 24.8. The molecule has 2 fully saturated rings. The number of allylic oxidation sites excluding steroid dienone is 3. The number of thiophene rings is 1. The lowest BCUT2D eigenvalue weighted by Gasteiger charge is -2.31. The SMILES string of the molecule is C=C1OCC/C1=C/C(=C\C)[C@@H](NC(=O)/C=C/c1sc(CN2CCCC2)cc1C)C1=CC(CC)c2ccccc2N1. The van der Waals surface area contributed by atoms with E-state index in [1.54, 1.807) is 17.4 Å². The van der Waals surface area contributed by atoms with Gasteiger partial charge < -0.3 is 15.4 Å². The number of ether oxygens (including phenoxy) is 1. The van der Waals surface area contributed by atoms with Crippen LogP contribution in [0.1, 0.15) is 66.3 Å². The predicted molar refractivity (Wildman–Crippen MR) is 167 cm³/mol. The molecule has 210 valence electrons. The fraction of sp³-hybridized carbons (Fsp3) is 0.382. The number of amides is 1. The van der Waals surface area contributed by atoms with E-state index in [9.17, 15) is 4.79 Å². The molecule has 3 aliphatic heterocycles. The summed E-state index contributed by atoms with van der Waals surface area (Å²) in [5.74, 6) is 0.873. The summed E-state index contributed by atoms with van der Waals surface area (Å²) >= 11 is 1.79. The average Bonchev–Trinajstić information content (AvgIpc) is 3.71. The van der Waals surface area contributed by atoms with Gasteiger partial charge in [0.2, 0.25) is 5.91 Å². The van der Waals surface area contributed by atoms with Gasteiger partial charge in [-0.25, -0.2) is 0 Å². The van der Waals surface area contributed by atoms with E-state index in [0.717, 1.165) is 46.8 Å². The van der Waals surface area contributed by atoms with Gasteiger partial charge in [0.05, 0.1) is 12.6 Å². The molecule has 1 amide bonds. The molecule has 6 heteroatoms. The molecule has 1 unspecified atom stereocenters. The van der Waals surface area contributed by atoms with Crippen LogP contribution in [0.25, 0.3) is 6.08 Å². The van der Waals surface area contributed by atoms with E-state index in [-0.39, 0.29) is 17.9 Å². The number of hydrogen-bond acceptors (Lipinski definition) is 5. The maximum atomic E-state index is 13.4. The van der Waals surface area contributed by atoms with Gasteiger partial charge in [-0.1, -0.05) is 43.9 Å². The van der Waals surface area contributed by atoms with Gasteiger partial charge >= 0.3 is 0 Å². The molecule has 2 N–H and O–H groups in total. The lowest BCUT2D eigenvalue weighted by atomic mass is 9.87. The summed E-state index contributed by atoms with van der Waals surface area (Å²) in [6.07, 6.45) is 14.5. The second-order valence-corrected chi connectivity index (χ2v) is 12.0. The van der Waals surface area contributed by atoms with Crippen molar-refractivity contribution in [2.45, 2.75) is 65.0 Å². The van der Waals surface area contributed by atoms with E-state index in [0.29, 0.717) is 12.4 Å². The Morgan fingerprint density at radius 3 is 2.83 bits per heavy atom. The zero-order valence-electron chi connectivity index (χ0n) is 24.0. The number of carbonyl (C=O) groups excluding carboxylic acids is 1. The second-order valence-electron chi connectivity index (χ2n) is 10.8. The second kappa shape index (κ2) is 12.9. The van der Waals surface area contributed by atoms with Crippen molar-refractivity contribution in [3.63, 3.8) is 0 Å². The minimum absolute atomic E-state index is 0.118. The number of nitrogens with one attached hydrogen (secondary N) is 2. The molecule has 40 heavy (non-hydrogen) atoms. The molecule has 0 spiro atoms. The predicted octanol–water partition coefficient (Wildman–Crippen LogP) is 7.46. The lowest BCUT2D eigenvalue weighted by Crippen LogP contribution is -2.39. The largest absolute Gasteiger partial charge is 0.494 e. The van der Waals surface area contributed by atoms with Gasteiger partial charge in [-0.15, -0.1) is 11.3 Å². The number of carbonyl (C=O) groups is 1. The Morgan fingerprint density at radius 2 is 2.10 bits per heavy atom. The molecule has 5 nitrogen and oxygen atoms in total. The van der Waals surface area contributed by atoms with Gasteiger partial charge in [0.25, 0.3) is 0 Å². The van der Waals surface area contributed by atoms with Crippen LogP contribution in [0, 0.1) is 6.92 Å². The maximum absolute atomic E-state index is 13.4. The lowest BCUT2D eigenvalue weighted by molar-refractivity contribution is -0.116. The Morgan fingerprint density at radius 1 is 1.30 bits per heavy atom. The topological polar surface area (TPSA) is 53.6 Å². The first-order chi connectivity index (χ1) is 19.4. The third kappa shape index (κ3) is 6.51. The molecule has 1 aromatic heterocycles. The third-order valence-corrected chi connectivity index (χ3v) is 9.23. The first kappa shape index (κ1) is 28.2. The molecule has 0 aliphatic carbocycles. The first-order valence-electron chi connectivity index (χ1n) is 14.5. The summed E-state index contributed by atoms with van der Waals surface area (Å²) in [5.41, 5.74) is 6.68. The monoisotopic (exact) mass is 555 g/mol. The molecule has 5 rings (SSSR count). The van der Waals surface area contributed by atoms with Crippen LogP contribution in [-0.2, 0) is 16.1 Å². The molecule has 0 bridgehead atoms. The first-order valence-corrected chi connectivity index (χ1v) is 15.3. The summed E-state index contributed by atoms with van der Waals surface area (Å²) in [4.78, 5) is 18.5. The van der Waals surface area contributed by atoms with Crippen molar-refractivity contribution >= 4 is 29.0 Å². The number of fused-ring (bicyclic) bond motifs is 1. The summed E-state index contributed by atoms with van der Waals surface area (Å²) in [7, 11) is 0. The van der Waals surface area contributed by atoms with E-state index in [4.69, 9.17) is 4.74 Å². The van der Waals surface area contributed by atoms with Crippen LogP contribution in [-0.4, -0.2) is 36.5 Å². The van der Waals surface area contributed by atoms with Gasteiger partial charge in [0, 0.05) is 46.1 Å². The smallest absolute Gasteiger partial charge is 0.244 e. The summed E-state index contributed by atoms with van der Waals surface area (Å²) in [5, 5.41) is 6.95. The van der Waals surface area contributed by atoms with Gasteiger partial charge in [-0.05, 0) is 92.8 Å². The van der Waals surface area contributed by atoms with E-state index in [2.05, 4.69) is 84.5 Å². The highest BCUT2D eigenvalue weighted by molar-refractivity contribution is 7.13. The Balaban J connectivity index is 1.39. The highest BCUT2D eigenvalue weighted by Gasteiger charge is 2.27. The van der Waals surface area contributed by atoms with Crippen LogP contribution in [0.15, 0.2) is 83.8 Å². The van der Waals surface area contributed by atoms with E-state index < -0.39 is 0 Å². The number of rotatable bonds is 9. The highest BCUT2D eigenvalue weighted by Crippen LogP contribution is 2.36. The van der Waals surface area contributed by atoms with Crippen molar-refractivity contribution in [3.05, 3.63) is 105 Å². The standard InChI is InChI=1S/C34H41N3O2S/c1-5-25-21-31(35-30-12-8-7-11-29(25)30)34(26(6-2)20-27-15-18-39-24(27)4)36-33(38)14-13-32-23(3)19-28(40-32)22-37-16-9-10-17-37/h6-8,11-14,19-21,25,34-35H,4-5,9-10,15-18,22H2,1-3H3,(H,36,38)/b14-13+,26-6+,27-20-/t25?,34-/m1/s1. The van der Waals surface area contributed by atoms with Crippen molar-refractivity contribution in [1.29, 1.82) is 0 Å². The summed E-state index contributed by atoms with van der Waals surface area (Å²) < 4.78 is 5.62. The Kier molecular flexibility index (Phi) is 9.08. The molecule has 2 atom stereocenters. The van der Waals surface area contributed by atoms with Crippen molar-refractivity contribution in [1.82, 2.24) is 10.2 Å². The molecular formula is C34H41N3O2S. The Bertz CT molecular complexity index is 1370. The Labute approximate surface area is 243 Å². The molecule has 2 saturated heterocycles. The number of benzene rings is 1. The van der Waals surface area contributed by atoms with Crippen LogP contribution >= 0.6 is 11.3 Å². The zero-order chi connectivity index (χ0) is 28.1. The fourth-order valence-corrected chi connectivity index (χ4v) is 6.92. The number of anilines is 1. The minimum Gasteiger partial charge on any atom is -0.494 e. The molecule has 4 heterocycles. The molecular weight excluding hydrogens is 514 g/mol. The van der Waals surface area contributed by atoms with Gasteiger partial charge in [-0.2, -0.15) is 0 Å². The van der Waals surface area contributed by atoms with Crippen LogP contribution in [0.5, 0.6) is 0 Å². The molecule has 3 aliphatic rings. The average molecular weight is 556 g/mol. The summed E-state index contributed by atoms with van der Waals surface area (Å²) in [6.45, 7) is 14.4. The van der Waals surface area contributed by atoms with Gasteiger partial charge in [0.15, 0.2) is 0 Å². The molecule has 0 saturated carbocycles. The maximum Gasteiger partial charge on any atom is 0.244 e. The minimum atomic E-state index is -0.333. The number of aryl methyl sites for hydroxylation is 1. The van der Waals surface area contributed by atoms with Crippen molar-refractivity contribution < 1.29 is 9.53 Å². The van der Waals surface area contributed by atoms with Crippen LogP contribution in [0.4, 0.5) is 5.69 Å². The fourth-order valence-electron chi connectivity index (χ4n) is 5.80. The van der Waals surface area contributed by atoms with Crippen molar-refractivity contribution in [2.75, 3.05) is 25.0 Å². The normalized spacial score (nSPS) is 21.3. The summed E-state index contributed by atoms with van der Waals surface area (Å²) in [6, 6.07) is 10.4. The van der Waals surface area contributed by atoms with Gasteiger partial charge in [-0.3, -0.25) is 9.69 Å². The van der Waals surface area contributed by atoms with Gasteiger partial charge in [0.1, 0.15) is 5.76 Å².